The van der Waals surface area contributed by atoms with Crippen LogP contribution in [-0.2, 0) is 0 Å². The topological polar surface area (TPSA) is 66.5 Å². The number of fused-ring (bicyclic) bond motifs is 1. The number of rotatable bonds is 1. The first-order valence-electron chi connectivity index (χ1n) is 3.96. The quantitative estimate of drug-likeness (QED) is 0.323. The van der Waals surface area contributed by atoms with Crippen molar-refractivity contribution in [3.63, 3.8) is 0 Å². The second kappa shape index (κ2) is 3.47. The summed E-state index contributed by atoms with van der Waals surface area (Å²) in [6, 6.07) is 3.49. The summed E-state index contributed by atoms with van der Waals surface area (Å²) in [5.41, 5.74) is 6.42. The number of anilines is 1. The fourth-order valence-electron chi connectivity index (χ4n) is 1.39. The molecule has 0 bridgehead atoms. The summed E-state index contributed by atoms with van der Waals surface area (Å²) in [7, 11) is -1.54. The molecule has 4 N–H and O–H groups in total. The maximum Gasteiger partial charge on any atom is 0.492 e. The predicted octanol–water partition coefficient (Wildman–Crippen LogP) is 0.452. The van der Waals surface area contributed by atoms with Gasteiger partial charge in [0.1, 0.15) is 0 Å². The summed E-state index contributed by atoms with van der Waals surface area (Å²) >= 11 is 5.66. The minimum atomic E-state index is -1.54. The molecule has 6 heteroatoms. The molecular weight excluding hydrogens is 217 g/mol. The van der Waals surface area contributed by atoms with E-state index >= 15 is 0 Å². The van der Waals surface area contributed by atoms with E-state index in [0.29, 0.717) is 11.2 Å². The van der Waals surface area contributed by atoms with Crippen LogP contribution in [0.1, 0.15) is 0 Å². The van der Waals surface area contributed by atoms with E-state index in [4.69, 9.17) is 15.8 Å². The third kappa shape index (κ3) is 1.40. The van der Waals surface area contributed by atoms with Crippen molar-refractivity contribution in [2.75, 3.05) is 5.73 Å². The maximum absolute atomic E-state index is 9.17. The van der Waals surface area contributed by atoms with Gasteiger partial charge in [-0.15, -0.1) is 24.0 Å². The van der Waals surface area contributed by atoms with Crippen molar-refractivity contribution in [2.45, 2.75) is 4.90 Å². The van der Waals surface area contributed by atoms with Crippen LogP contribution in [0.15, 0.2) is 22.4 Å². The summed E-state index contributed by atoms with van der Waals surface area (Å²) in [6.07, 6.45) is 0. The number of benzene rings is 1. The lowest BCUT2D eigenvalue weighted by Crippen LogP contribution is -2.32. The number of nitrogens with two attached hydrogens (primary N) is 1. The molecule has 0 saturated heterocycles. The third-order valence-electron chi connectivity index (χ3n) is 2.05. The van der Waals surface area contributed by atoms with E-state index in [2.05, 4.69) is 12.6 Å². The van der Waals surface area contributed by atoms with Gasteiger partial charge in [0.05, 0.1) is 0 Å². The summed E-state index contributed by atoms with van der Waals surface area (Å²) in [4.78, 5) is 0.826. The Hall–Kier alpha value is -0.685. The normalized spacial score (nSPS) is 10.8. The van der Waals surface area contributed by atoms with Crippen LogP contribution in [0.5, 0.6) is 0 Å². The Kier molecular flexibility index (Phi) is 2.44. The van der Waals surface area contributed by atoms with E-state index in [9.17, 15) is 0 Å². The third-order valence-corrected chi connectivity index (χ3v) is 3.63. The molecule has 1 heterocycles. The van der Waals surface area contributed by atoms with Crippen LogP contribution in [0.25, 0.3) is 10.1 Å². The fourth-order valence-corrected chi connectivity index (χ4v) is 2.82. The van der Waals surface area contributed by atoms with Gasteiger partial charge in [-0.3, -0.25) is 0 Å². The molecule has 1 aromatic carbocycles. The van der Waals surface area contributed by atoms with Crippen LogP contribution in [0.2, 0.25) is 0 Å². The van der Waals surface area contributed by atoms with Gasteiger partial charge in [0.25, 0.3) is 0 Å². The van der Waals surface area contributed by atoms with Crippen LogP contribution in [0.3, 0.4) is 0 Å². The number of nitrogen functional groups attached to an aromatic ring is 1. The Balaban J connectivity index is 2.83. The van der Waals surface area contributed by atoms with Gasteiger partial charge in [-0.05, 0) is 6.07 Å². The average molecular weight is 225 g/mol. The first-order chi connectivity index (χ1) is 6.61. The second-order valence-electron chi connectivity index (χ2n) is 2.94. The minimum Gasteiger partial charge on any atom is -0.423 e. The van der Waals surface area contributed by atoms with E-state index in [-0.39, 0.29) is 0 Å². The molecule has 0 unspecified atom stereocenters. The molecule has 0 radical (unpaired) electrons. The van der Waals surface area contributed by atoms with Gasteiger partial charge in [0, 0.05) is 31.5 Å². The summed E-state index contributed by atoms with van der Waals surface area (Å²) in [5, 5.41) is 21.1. The highest BCUT2D eigenvalue weighted by molar-refractivity contribution is 7.80. The lowest BCUT2D eigenvalue weighted by Gasteiger charge is -2.05. The Bertz CT molecular complexity index is 483. The largest absolute Gasteiger partial charge is 0.492 e. The first-order valence-corrected chi connectivity index (χ1v) is 5.28. The molecular formula is C8H8BNO2S2. The zero-order valence-corrected chi connectivity index (χ0v) is 8.85. The molecule has 0 amide bonds. The molecule has 2 rings (SSSR count). The molecule has 0 fully saturated rings. The second-order valence-corrected chi connectivity index (χ2v) is 4.30. The highest BCUT2D eigenvalue weighted by atomic mass is 32.1. The van der Waals surface area contributed by atoms with Crippen molar-refractivity contribution in [3.05, 3.63) is 17.5 Å². The molecule has 0 spiro atoms. The standard InChI is InChI=1S/C8H8BNO2S2/c10-5-2-1-4-6(13)3-14-8(4)7(5)9(11)12/h1-3,11-13H,10H2. The molecule has 0 aliphatic carbocycles. The molecule has 0 saturated carbocycles. The van der Waals surface area contributed by atoms with Gasteiger partial charge >= 0.3 is 7.12 Å². The van der Waals surface area contributed by atoms with E-state index in [1.54, 1.807) is 6.07 Å². The van der Waals surface area contributed by atoms with Crippen LogP contribution >= 0.6 is 24.0 Å². The van der Waals surface area contributed by atoms with Crippen LogP contribution in [0.4, 0.5) is 5.69 Å². The van der Waals surface area contributed by atoms with Crippen LogP contribution in [-0.4, -0.2) is 17.2 Å². The fraction of sp³-hybridized carbons (Fsp3) is 0. The monoisotopic (exact) mass is 225 g/mol. The number of hydrogen-bond acceptors (Lipinski definition) is 5. The lowest BCUT2D eigenvalue weighted by molar-refractivity contribution is 0.426. The maximum atomic E-state index is 9.17. The van der Waals surface area contributed by atoms with Crippen molar-refractivity contribution >= 4 is 52.3 Å². The van der Waals surface area contributed by atoms with Crippen molar-refractivity contribution in [3.8, 4) is 0 Å². The van der Waals surface area contributed by atoms with Crippen molar-refractivity contribution in [2.24, 2.45) is 0 Å². The van der Waals surface area contributed by atoms with Crippen molar-refractivity contribution in [1.82, 2.24) is 0 Å². The van der Waals surface area contributed by atoms with Gasteiger partial charge in [-0.25, -0.2) is 0 Å². The molecule has 1 aromatic heterocycles. The Labute approximate surface area is 90.7 Å². The predicted molar refractivity (Wildman–Crippen MR) is 63.3 cm³/mol. The lowest BCUT2D eigenvalue weighted by atomic mass is 9.78. The summed E-state index contributed by atoms with van der Waals surface area (Å²) in [5.74, 6) is 0. The molecule has 0 atom stereocenters. The van der Waals surface area contributed by atoms with Crippen LogP contribution in [0, 0.1) is 0 Å². The Morgan fingerprint density at radius 1 is 1.36 bits per heavy atom. The number of thiophene rings is 1. The highest BCUT2D eigenvalue weighted by Gasteiger charge is 2.19. The molecule has 0 aliphatic heterocycles. The molecule has 0 aliphatic rings. The smallest absolute Gasteiger partial charge is 0.423 e. The van der Waals surface area contributed by atoms with E-state index in [0.717, 1.165) is 15.0 Å². The van der Waals surface area contributed by atoms with Crippen LogP contribution < -0.4 is 11.2 Å². The Morgan fingerprint density at radius 2 is 2.07 bits per heavy atom. The van der Waals surface area contributed by atoms with Crippen molar-refractivity contribution in [1.29, 1.82) is 0 Å². The van der Waals surface area contributed by atoms with E-state index in [1.807, 2.05) is 11.4 Å². The Morgan fingerprint density at radius 3 is 2.71 bits per heavy atom. The molecule has 72 valence electrons. The zero-order valence-electron chi connectivity index (χ0n) is 7.14. The van der Waals surface area contributed by atoms with Gasteiger partial charge in [0.15, 0.2) is 0 Å². The van der Waals surface area contributed by atoms with Gasteiger partial charge in [-0.2, -0.15) is 0 Å². The molecule has 2 aromatic rings. The average Bonchev–Trinajstić information content (AvgIpc) is 2.47. The van der Waals surface area contributed by atoms with E-state index in [1.165, 1.54) is 11.3 Å². The first kappa shape index (κ1) is 9.85. The van der Waals surface area contributed by atoms with Gasteiger partial charge in [-0.1, -0.05) is 6.07 Å². The summed E-state index contributed by atoms with van der Waals surface area (Å²) < 4.78 is 0.782. The zero-order chi connectivity index (χ0) is 10.3. The summed E-state index contributed by atoms with van der Waals surface area (Å²) in [6.45, 7) is 0. The number of thiol groups is 1. The minimum absolute atomic E-state index is 0.368. The molecule has 3 nitrogen and oxygen atoms in total. The van der Waals surface area contributed by atoms with Gasteiger partial charge in [0.2, 0.25) is 0 Å². The van der Waals surface area contributed by atoms with Gasteiger partial charge < -0.3 is 15.8 Å². The number of hydrogen-bond donors (Lipinski definition) is 4. The molecule has 14 heavy (non-hydrogen) atoms. The van der Waals surface area contributed by atoms with Crippen molar-refractivity contribution < 1.29 is 10.0 Å². The SMILES string of the molecule is Nc1ccc2c(S)csc2c1B(O)O. The van der Waals surface area contributed by atoms with E-state index < -0.39 is 7.12 Å². The highest BCUT2D eigenvalue weighted by Crippen LogP contribution is 2.28.